The van der Waals surface area contributed by atoms with Gasteiger partial charge in [0.25, 0.3) is 0 Å². The van der Waals surface area contributed by atoms with E-state index in [0.717, 1.165) is 51.4 Å². The van der Waals surface area contributed by atoms with Crippen molar-refractivity contribution in [3.8, 4) is 0 Å². The van der Waals surface area contributed by atoms with E-state index in [4.69, 9.17) is 0 Å². The monoisotopic (exact) mass is 720 g/mol. The molecule has 0 radical (unpaired) electrons. The van der Waals surface area contributed by atoms with Gasteiger partial charge in [-0.2, -0.15) is 0 Å². The third-order valence-electron chi connectivity index (χ3n) is 6.42. The summed E-state index contributed by atoms with van der Waals surface area (Å²) >= 11 is 0. The minimum atomic E-state index is -0.962. The second-order valence-corrected chi connectivity index (χ2v) is 10.7. The molecule has 0 bridgehead atoms. The second-order valence-electron chi connectivity index (χ2n) is 10.7. The van der Waals surface area contributed by atoms with Crippen LogP contribution in [-0.4, -0.2) is 11.9 Å². The van der Waals surface area contributed by atoms with Crippen molar-refractivity contribution in [2.75, 3.05) is 0 Å². The van der Waals surface area contributed by atoms with Crippen LogP contribution in [0.4, 0.5) is 0 Å². The van der Waals surface area contributed by atoms with Crippen molar-refractivity contribution in [3.05, 3.63) is 97.2 Å². The van der Waals surface area contributed by atoms with E-state index in [1.54, 1.807) is 0 Å². The number of hydrogen-bond donors (Lipinski definition) is 0. The number of carbonyl (C=O) groups excluding carboxylic acids is 2. The van der Waals surface area contributed by atoms with Gasteiger partial charge in [-0.1, -0.05) is 137 Å². The van der Waals surface area contributed by atoms with Gasteiger partial charge in [-0.3, -0.25) is 0 Å². The Bertz CT molecular complexity index is 803. The summed E-state index contributed by atoms with van der Waals surface area (Å²) in [5.74, 6) is -1.92. The molecule has 0 fully saturated rings. The Morgan fingerprint density at radius 1 is 0.378 bits per heavy atom. The number of rotatable bonds is 28. The molecule has 0 spiro atoms. The molecule has 5 heteroatoms. The van der Waals surface area contributed by atoms with E-state index in [9.17, 15) is 19.8 Å². The molecule has 0 unspecified atom stereocenters. The molecular weight excluding hydrogens is 657 g/mol. The quantitative estimate of drug-likeness (QED) is 0.0458. The Balaban J connectivity index is -0.000000767. The van der Waals surface area contributed by atoms with Gasteiger partial charge in [0.15, 0.2) is 0 Å². The van der Waals surface area contributed by atoms with Gasteiger partial charge in [0.2, 0.25) is 0 Å². The normalized spacial score (nSPS) is 12.1. The summed E-state index contributed by atoms with van der Waals surface area (Å²) in [6, 6.07) is 0. The molecule has 0 saturated heterocycles. The molecule has 0 aromatic heterocycles. The van der Waals surface area contributed by atoms with Gasteiger partial charge < -0.3 is 19.8 Å². The molecule has 0 aromatic carbocycles. The van der Waals surface area contributed by atoms with Crippen molar-refractivity contribution in [2.24, 2.45) is 0 Å². The first-order chi connectivity index (χ1) is 21.5. The summed E-state index contributed by atoms with van der Waals surface area (Å²) in [6.07, 6.45) is 54.0. The molecule has 4 nitrogen and oxygen atoms in total. The first-order valence-electron chi connectivity index (χ1n) is 17.1. The summed E-state index contributed by atoms with van der Waals surface area (Å²) < 4.78 is 0. The predicted molar refractivity (Wildman–Crippen MR) is 187 cm³/mol. The number of carboxylic acid groups (broad SMARTS) is 2. The zero-order chi connectivity index (χ0) is 32.6. The van der Waals surface area contributed by atoms with Gasteiger partial charge in [-0.15, -0.1) is 0 Å². The first kappa shape index (κ1) is 47.2. The molecule has 0 heterocycles. The molecule has 0 aliphatic heterocycles. The largest absolute Gasteiger partial charge is 2.00 e. The fraction of sp³-hybridized carbons (Fsp3) is 0.550. The van der Waals surface area contributed by atoms with Crippen LogP contribution in [0.1, 0.15) is 142 Å². The molecule has 0 saturated carbocycles. The van der Waals surface area contributed by atoms with Crippen molar-refractivity contribution >= 4 is 11.9 Å². The standard InChI is InChI=1S/2C20H32O2.Cd/c2*1-2-3-4-5-6-7-8-9-10-11-12-13-14-15-16-17-18-19-20(21)22;/h2*6-7,9-10,12-13,15-16H,2-5,8,11,14,17-19H2,1H3,(H,21,22);/q;;+2/p-2/b2*7-6-,10-9-,13-12-,16-15-;. The van der Waals surface area contributed by atoms with Crippen LogP contribution in [0.3, 0.4) is 0 Å². The fourth-order valence-electron chi connectivity index (χ4n) is 3.85. The maximum atomic E-state index is 10.2. The Hall–Kier alpha value is -2.22. The first-order valence-corrected chi connectivity index (χ1v) is 17.1. The maximum absolute atomic E-state index is 10.2. The molecule has 0 aliphatic carbocycles. The van der Waals surface area contributed by atoms with Crippen molar-refractivity contribution in [1.82, 2.24) is 0 Å². The van der Waals surface area contributed by atoms with Gasteiger partial charge in [-0.25, -0.2) is 0 Å². The number of hydrogen-bond acceptors (Lipinski definition) is 4. The molecule has 248 valence electrons. The molecule has 0 amide bonds. The summed E-state index contributed by atoms with van der Waals surface area (Å²) in [7, 11) is 0. The van der Waals surface area contributed by atoms with Crippen LogP contribution in [0.15, 0.2) is 97.2 Å². The van der Waals surface area contributed by atoms with E-state index in [1.165, 1.54) is 51.4 Å². The summed E-state index contributed by atoms with van der Waals surface area (Å²) in [5.41, 5.74) is 0. The topological polar surface area (TPSA) is 80.3 Å². The average Bonchev–Trinajstić information content (AvgIpc) is 3.00. The van der Waals surface area contributed by atoms with Crippen LogP contribution in [0.2, 0.25) is 0 Å². The van der Waals surface area contributed by atoms with Crippen LogP contribution in [-0.2, 0) is 36.9 Å². The van der Waals surface area contributed by atoms with E-state index >= 15 is 0 Å². The fourth-order valence-corrected chi connectivity index (χ4v) is 3.85. The van der Waals surface area contributed by atoms with Crippen molar-refractivity contribution in [3.63, 3.8) is 0 Å². The number of carbonyl (C=O) groups is 2. The smallest absolute Gasteiger partial charge is 0.550 e. The van der Waals surface area contributed by atoms with Gasteiger partial charge in [0.1, 0.15) is 0 Å². The third-order valence-corrected chi connectivity index (χ3v) is 6.42. The summed E-state index contributed by atoms with van der Waals surface area (Å²) in [5, 5.41) is 20.4. The Morgan fingerprint density at radius 3 is 0.822 bits per heavy atom. The molecule has 0 rings (SSSR count). The van der Waals surface area contributed by atoms with E-state index in [-0.39, 0.29) is 40.1 Å². The van der Waals surface area contributed by atoms with Crippen LogP contribution in [0.25, 0.3) is 0 Å². The van der Waals surface area contributed by atoms with E-state index in [0.29, 0.717) is 12.8 Å². The Labute approximate surface area is 297 Å². The second kappa shape index (κ2) is 43.9. The SMILES string of the molecule is CCCCC/C=C\C/C=C\C/C=C\C/C=C\CCCC(=O)[O-].CCCCC/C=C\C/C=C\C/C=C\C/C=C\CCCC(=O)[O-].[Cd+2]. The zero-order valence-corrected chi connectivity index (χ0v) is 32.8. The van der Waals surface area contributed by atoms with E-state index in [1.807, 2.05) is 12.2 Å². The van der Waals surface area contributed by atoms with Gasteiger partial charge in [0.05, 0.1) is 0 Å². The number of aliphatic carboxylic acids is 2. The molecule has 0 atom stereocenters. The molecular formula is C40H62CdO4. The van der Waals surface area contributed by atoms with Crippen LogP contribution in [0.5, 0.6) is 0 Å². The third kappa shape index (κ3) is 51.6. The van der Waals surface area contributed by atoms with E-state index in [2.05, 4.69) is 98.9 Å². The minimum Gasteiger partial charge on any atom is -0.550 e. The van der Waals surface area contributed by atoms with Gasteiger partial charge in [0, 0.05) is 11.9 Å². The van der Waals surface area contributed by atoms with Crippen LogP contribution < -0.4 is 10.2 Å². The molecule has 0 aromatic rings. The Morgan fingerprint density at radius 2 is 0.600 bits per heavy atom. The van der Waals surface area contributed by atoms with Crippen molar-refractivity contribution < 1.29 is 47.1 Å². The van der Waals surface area contributed by atoms with Crippen LogP contribution >= 0.6 is 0 Å². The summed E-state index contributed by atoms with van der Waals surface area (Å²) in [6.45, 7) is 4.46. The van der Waals surface area contributed by atoms with Crippen molar-refractivity contribution in [2.45, 2.75) is 142 Å². The van der Waals surface area contributed by atoms with Gasteiger partial charge in [-0.05, 0) is 103 Å². The number of carboxylic acids is 2. The minimum absolute atomic E-state index is 0. The predicted octanol–water partition coefficient (Wildman–Crippen LogP) is 9.76. The molecule has 0 aliphatic rings. The van der Waals surface area contributed by atoms with E-state index < -0.39 is 11.9 Å². The molecule has 45 heavy (non-hydrogen) atoms. The maximum Gasteiger partial charge on any atom is 2.00 e. The number of unbranched alkanes of at least 4 members (excludes halogenated alkanes) is 8. The van der Waals surface area contributed by atoms with Crippen molar-refractivity contribution in [1.29, 1.82) is 0 Å². The average molecular weight is 719 g/mol. The van der Waals surface area contributed by atoms with Crippen LogP contribution in [0, 0.1) is 0 Å². The molecule has 0 N–H and O–H groups in total. The summed E-state index contributed by atoms with van der Waals surface area (Å²) in [4.78, 5) is 20.4. The number of allylic oxidation sites excluding steroid dienone is 16. The zero-order valence-electron chi connectivity index (χ0n) is 28.7. The van der Waals surface area contributed by atoms with Gasteiger partial charge >= 0.3 is 27.3 Å². The Kier molecular flexibility index (Phi) is 46.0.